The first kappa shape index (κ1) is 14.4. The van der Waals surface area contributed by atoms with Crippen LogP contribution in [0.25, 0.3) is 0 Å². The Morgan fingerprint density at radius 3 is 2.95 bits per heavy atom. The van der Waals surface area contributed by atoms with Crippen LogP contribution in [-0.2, 0) is 14.3 Å². The predicted octanol–water partition coefficient (Wildman–Crippen LogP) is 1.89. The summed E-state index contributed by atoms with van der Waals surface area (Å²) in [5, 5.41) is 2.96. The van der Waals surface area contributed by atoms with E-state index in [4.69, 9.17) is 4.74 Å². The maximum Gasteiger partial charge on any atom is 0.306 e. The number of benzene rings is 1. The first-order valence-corrected chi connectivity index (χ1v) is 6.69. The van der Waals surface area contributed by atoms with Gasteiger partial charge in [0.15, 0.2) is 0 Å². The second-order valence-corrected chi connectivity index (χ2v) is 4.87. The molecule has 0 spiro atoms. The standard InChI is InChI=1S/C15H19NO4/c1-10-3-4-13-11(9-10)12(7-8-20-13)16-14(17)5-6-15(18)19-2/h3-4,9,12H,5-8H2,1-2H3,(H,16,17). The van der Waals surface area contributed by atoms with Gasteiger partial charge in [-0.15, -0.1) is 0 Å². The number of nitrogens with one attached hydrogen (secondary N) is 1. The third kappa shape index (κ3) is 3.50. The summed E-state index contributed by atoms with van der Waals surface area (Å²) in [6, 6.07) is 5.89. The molecule has 5 nitrogen and oxygen atoms in total. The largest absolute Gasteiger partial charge is 0.493 e. The van der Waals surface area contributed by atoms with Crippen molar-refractivity contribution in [3.05, 3.63) is 29.3 Å². The molecule has 0 aliphatic carbocycles. The first-order chi connectivity index (χ1) is 9.60. The molecule has 0 radical (unpaired) electrons. The van der Waals surface area contributed by atoms with E-state index in [9.17, 15) is 9.59 Å². The van der Waals surface area contributed by atoms with Gasteiger partial charge in [-0.05, 0) is 13.0 Å². The summed E-state index contributed by atoms with van der Waals surface area (Å²) in [5.74, 6) is 0.304. The Kier molecular flexibility index (Phi) is 4.61. The molecular formula is C15H19NO4. The molecule has 0 aromatic heterocycles. The molecule has 0 fully saturated rings. The van der Waals surface area contributed by atoms with Gasteiger partial charge in [0.2, 0.25) is 5.91 Å². The number of aryl methyl sites for hydroxylation is 1. The fourth-order valence-corrected chi connectivity index (χ4v) is 2.25. The van der Waals surface area contributed by atoms with E-state index in [2.05, 4.69) is 10.1 Å². The summed E-state index contributed by atoms with van der Waals surface area (Å²) >= 11 is 0. The maximum absolute atomic E-state index is 11.9. The molecule has 0 bridgehead atoms. The minimum Gasteiger partial charge on any atom is -0.493 e. The lowest BCUT2D eigenvalue weighted by molar-refractivity contribution is -0.142. The number of esters is 1. The van der Waals surface area contributed by atoms with E-state index >= 15 is 0 Å². The molecule has 20 heavy (non-hydrogen) atoms. The minimum atomic E-state index is -0.372. The van der Waals surface area contributed by atoms with Gasteiger partial charge in [0.25, 0.3) is 0 Å². The van der Waals surface area contributed by atoms with Crippen molar-refractivity contribution in [1.82, 2.24) is 5.32 Å². The lowest BCUT2D eigenvalue weighted by Gasteiger charge is -2.27. The van der Waals surface area contributed by atoms with E-state index in [0.717, 1.165) is 23.3 Å². The SMILES string of the molecule is COC(=O)CCC(=O)NC1CCOc2ccc(C)cc21. The summed E-state index contributed by atoms with van der Waals surface area (Å²) < 4.78 is 10.1. The topological polar surface area (TPSA) is 64.6 Å². The molecule has 2 rings (SSSR count). The number of hydrogen-bond acceptors (Lipinski definition) is 4. The number of ether oxygens (including phenoxy) is 2. The van der Waals surface area contributed by atoms with Crippen molar-refractivity contribution in [3.8, 4) is 5.75 Å². The highest BCUT2D eigenvalue weighted by Crippen LogP contribution is 2.32. The summed E-state index contributed by atoms with van der Waals surface area (Å²) in [5.41, 5.74) is 2.13. The minimum absolute atomic E-state index is 0.0520. The Bertz CT molecular complexity index is 513. The van der Waals surface area contributed by atoms with Crippen LogP contribution in [0.3, 0.4) is 0 Å². The van der Waals surface area contributed by atoms with Gasteiger partial charge in [-0.2, -0.15) is 0 Å². The number of methoxy groups -OCH3 is 1. The van der Waals surface area contributed by atoms with Crippen LogP contribution in [0.15, 0.2) is 18.2 Å². The summed E-state index contributed by atoms with van der Waals surface area (Å²) in [7, 11) is 1.32. The molecular weight excluding hydrogens is 258 g/mol. The van der Waals surface area contributed by atoms with Crippen molar-refractivity contribution in [2.24, 2.45) is 0 Å². The van der Waals surface area contributed by atoms with E-state index in [1.165, 1.54) is 7.11 Å². The van der Waals surface area contributed by atoms with Crippen LogP contribution in [0.4, 0.5) is 0 Å². The first-order valence-electron chi connectivity index (χ1n) is 6.69. The second kappa shape index (κ2) is 6.41. The highest BCUT2D eigenvalue weighted by molar-refractivity contribution is 5.81. The van der Waals surface area contributed by atoms with Crippen LogP contribution >= 0.6 is 0 Å². The molecule has 1 heterocycles. The van der Waals surface area contributed by atoms with Gasteiger partial charge in [0, 0.05) is 18.4 Å². The van der Waals surface area contributed by atoms with E-state index < -0.39 is 0 Å². The van der Waals surface area contributed by atoms with Crippen molar-refractivity contribution in [2.75, 3.05) is 13.7 Å². The smallest absolute Gasteiger partial charge is 0.306 e. The van der Waals surface area contributed by atoms with Gasteiger partial charge in [-0.1, -0.05) is 17.7 Å². The molecule has 1 unspecified atom stereocenters. The van der Waals surface area contributed by atoms with E-state index in [0.29, 0.717) is 6.61 Å². The Labute approximate surface area is 118 Å². The highest BCUT2D eigenvalue weighted by atomic mass is 16.5. The zero-order chi connectivity index (χ0) is 14.5. The molecule has 1 aliphatic rings. The van der Waals surface area contributed by atoms with Gasteiger partial charge in [0.1, 0.15) is 5.75 Å². The highest BCUT2D eigenvalue weighted by Gasteiger charge is 2.23. The summed E-state index contributed by atoms with van der Waals surface area (Å²) in [6.45, 7) is 2.59. The van der Waals surface area contributed by atoms with Crippen LogP contribution in [0, 0.1) is 6.92 Å². The molecule has 1 aromatic carbocycles. The number of amides is 1. The van der Waals surface area contributed by atoms with Crippen LogP contribution in [0.1, 0.15) is 36.4 Å². The molecule has 108 valence electrons. The van der Waals surface area contributed by atoms with Crippen LogP contribution in [0.5, 0.6) is 5.75 Å². The van der Waals surface area contributed by atoms with E-state index in [-0.39, 0.29) is 30.8 Å². The second-order valence-electron chi connectivity index (χ2n) is 4.87. The molecule has 1 atom stereocenters. The number of fused-ring (bicyclic) bond motifs is 1. The fourth-order valence-electron chi connectivity index (χ4n) is 2.25. The van der Waals surface area contributed by atoms with E-state index in [1.807, 2.05) is 25.1 Å². The average molecular weight is 277 g/mol. The van der Waals surface area contributed by atoms with Gasteiger partial charge in [-0.25, -0.2) is 0 Å². The maximum atomic E-state index is 11.9. The third-order valence-electron chi connectivity index (χ3n) is 3.32. The monoisotopic (exact) mass is 277 g/mol. The Morgan fingerprint density at radius 2 is 2.20 bits per heavy atom. The van der Waals surface area contributed by atoms with Gasteiger partial charge in [0.05, 0.1) is 26.2 Å². The fraction of sp³-hybridized carbons (Fsp3) is 0.467. The molecule has 5 heteroatoms. The van der Waals surface area contributed by atoms with Crippen molar-refractivity contribution < 1.29 is 19.1 Å². The van der Waals surface area contributed by atoms with Crippen LogP contribution in [0.2, 0.25) is 0 Å². The third-order valence-corrected chi connectivity index (χ3v) is 3.32. The summed E-state index contributed by atoms with van der Waals surface area (Å²) in [4.78, 5) is 22.9. The quantitative estimate of drug-likeness (QED) is 0.854. The number of carbonyl (C=O) groups is 2. The molecule has 0 saturated heterocycles. The molecule has 1 amide bonds. The van der Waals surface area contributed by atoms with E-state index in [1.54, 1.807) is 0 Å². The molecule has 0 saturated carbocycles. The molecule has 1 aromatic rings. The lowest BCUT2D eigenvalue weighted by atomic mass is 9.98. The molecule has 1 N–H and O–H groups in total. The van der Waals surface area contributed by atoms with Crippen molar-refractivity contribution in [3.63, 3.8) is 0 Å². The zero-order valence-corrected chi connectivity index (χ0v) is 11.8. The summed E-state index contributed by atoms with van der Waals surface area (Å²) in [6.07, 6.45) is 0.984. The Hall–Kier alpha value is -2.04. The Morgan fingerprint density at radius 1 is 1.40 bits per heavy atom. The number of rotatable bonds is 4. The average Bonchev–Trinajstić information content (AvgIpc) is 2.45. The van der Waals surface area contributed by atoms with Crippen LogP contribution in [-0.4, -0.2) is 25.6 Å². The lowest BCUT2D eigenvalue weighted by Crippen LogP contribution is -2.32. The number of carbonyl (C=O) groups excluding carboxylic acids is 2. The molecule has 1 aliphatic heterocycles. The number of hydrogen-bond donors (Lipinski definition) is 1. The predicted molar refractivity (Wildman–Crippen MR) is 73.4 cm³/mol. The zero-order valence-electron chi connectivity index (χ0n) is 11.8. The van der Waals surface area contributed by atoms with Crippen molar-refractivity contribution in [2.45, 2.75) is 32.2 Å². The van der Waals surface area contributed by atoms with Gasteiger partial charge < -0.3 is 14.8 Å². The van der Waals surface area contributed by atoms with Crippen molar-refractivity contribution in [1.29, 1.82) is 0 Å². The van der Waals surface area contributed by atoms with Gasteiger partial charge >= 0.3 is 5.97 Å². The normalized spacial score (nSPS) is 16.8. The van der Waals surface area contributed by atoms with Crippen LogP contribution < -0.4 is 10.1 Å². The van der Waals surface area contributed by atoms with Crippen molar-refractivity contribution >= 4 is 11.9 Å². The van der Waals surface area contributed by atoms with Gasteiger partial charge in [-0.3, -0.25) is 9.59 Å². The Balaban J connectivity index is 1.99.